The minimum atomic E-state index is -1.06. The van der Waals surface area contributed by atoms with Crippen molar-refractivity contribution in [1.29, 1.82) is 0 Å². The summed E-state index contributed by atoms with van der Waals surface area (Å²) in [6.07, 6.45) is 0. The fourth-order valence-electron chi connectivity index (χ4n) is 1.93. The van der Waals surface area contributed by atoms with Crippen LogP contribution in [0.5, 0.6) is 0 Å². The van der Waals surface area contributed by atoms with E-state index in [0.29, 0.717) is 22.3 Å². The smallest absolute Gasteiger partial charge is 0.169 e. The molecule has 7 heteroatoms. The van der Waals surface area contributed by atoms with Crippen molar-refractivity contribution in [2.24, 2.45) is 0 Å². The first kappa shape index (κ1) is 12.9. The Hall–Kier alpha value is -2.15. The largest absolute Gasteiger partial charge is 0.383 e. The molecule has 0 amide bonds. The van der Waals surface area contributed by atoms with Crippen LogP contribution in [-0.2, 0) is 0 Å². The van der Waals surface area contributed by atoms with Crippen molar-refractivity contribution in [2.45, 2.75) is 6.92 Å². The van der Waals surface area contributed by atoms with Gasteiger partial charge in [0.05, 0.1) is 10.9 Å². The maximum Gasteiger partial charge on any atom is 0.169 e. The maximum absolute atomic E-state index is 13.7. The molecule has 0 unspecified atom stereocenters. The molecule has 0 radical (unpaired) electrons. The summed E-state index contributed by atoms with van der Waals surface area (Å²) in [6, 6.07) is 2.97. The van der Waals surface area contributed by atoms with Gasteiger partial charge in [0.1, 0.15) is 28.1 Å². The Morgan fingerprint density at radius 2 is 1.70 bits per heavy atom. The van der Waals surface area contributed by atoms with Crippen LogP contribution in [0.2, 0.25) is 0 Å². The molecule has 0 saturated carbocycles. The van der Waals surface area contributed by atoms with Crippen molar-refractivity contribution in [3.63, 3.8) is 0 Å². The molecule has 0 spiro atoms. The Morgan fingerprint density at radius 1 is 1.05 bits per heavy atom. The summed E-state index contributed by atoms with van der Waals surface area (Å²) < 4.78 is 40.4. The van der Waals surface area contributed by atoms with E-state index in [2.05, 4.69) is 9.97 Å². The van der Waals surface area contributed by atoms with E-state index >= 15 is 0 Å². The average Bonchev–Trinajstić information content (AvgIpc) is 2.69. The number of hydrogen-bond donors (Lipinski definition) is 1. The number of benzene rings is 1. The number of aryl methyl sites for hydroxylation is 1. The Morgan fingerprint density at radius 3 is 2.35 bits per heavy atom. The number of rotatable bonds is 1. The molecule has 0 aliphatic rings. The molecule has 0 aliphatic carbocycles. The third-order valence-electron chi connectivity index (χ3n) is 2.78. The van der Waals surface area contributed by atoms with Gasteiger partial charge in [0, 0.05) is 17.0 Å². The third-order valence-corrected chi connectivity index (χ3v) is 3.72. The second kappa shape index (κ2) is 4.45. The quantitative estimate of drug-likeness (QED) is 0.745. The maximum atomic E-state index is 13.7. The molecule has 1 aromatic carbocycles. The molecule has 2 N–H and O–H groups in total. The Bertz CT molecular complexity index is 806. The van der Waals surface area contributed by atoms with Crippen LogP contribution in [0.25, 0.3) is 21.6 Å². The molecular formula is C13H8F3N3S. The summed E-state index contributed by atoms with van der Waals surface area (Å²) in [7, 11) is 0. The van der Waals surface area contributed by atoms with Gasteiger partial charge in [-0.05, 0) is 13.0 Å². The van der Waals surface area contributed by atoms with E-state index in [1.807, 2.05) is 6.92 Å². The van der Waals surface area contributed by atoms with Gasteiger partial charge in [-0.3, -0.25) is 0 Å². The third kappa shape index (κ3) is 2.00. The SMILES string of the molecule is Cc1cc2c(N)nc(-c3c(F)cc(F)cc3F)nc2s1. The van der Waals surface area contributed by atoms with Crippen LogP contribution >= 0.6 is 11.3 Å². The molecule has 2 aromatic heterocycles. The number of nitrogens with two attached hydrogens (primary N) is 1. The molecule has 3 aromatic rings. The fourth-order valence-corrected chi connectivity index (χ4v) is 2.82. The van der Waals surface area contributed by atoms with E-state index in [9.17, 15) is 13.2 Å². The van der Waals surface area contributed by atoms with Gasteiger partial charge in [-0.25, -0.2) is 23.1 Å². The molecule has 2 heterocycles. The van der Waals surface area contributed by atoms with Crippen molar-refractivity contribution in [1.82, 2.24) is 9.97 Å². The summed E-state index contributed by atoms with van der Waals surface area (Å²) in [5.41, 5.74) is 5.29. The molecule has 20 heavy (non-hydrogen) atoms. The van der Waals surface area contributed by atoms with Gasteiger partial charge >= 0.3 is 0 Å². The van der Waals surface area contributed by atoms with Crippen LogP contribution in [0.1, 0.15) is 4.88 Å². The van der Waals surface area contributed by atoms with E-state index in [0.717, 1.165) is 4.88 Å². The van der Waals surface area contributed by atoms with Crippen LogP contribution in [0, 0.1) is 24.4 Å². The molecule has 102 valence electrons. The number of aromatic nitrogens is 2. The van der Waals surface area contributed by atoms with Crippen molar-refractivity contribution >= 4 is 27.4 Å². The van der Waals surface area contributed by atoms with Crippen LogP contribution in [0.3, 0.4) is 0 Å². The number of halogens is 3. The first-order chi connectivity index (χ1) is 9.45. The van der Waals surface area contributed by atoms with Gasteiger partial charge in [0.25, 0.3) is 0 Å². The predicted octanol–water partition coefficient (Wildman–Crippen LogP) is 3.67. The van der Waals surface area contributed by atoms with Crippen LogP contribution < -0.4 is 5.73 Å². The highest BCUT2D eigenvalue weighted by molar-refractivity contribution is 7.18. The van der Waals surface area contributed by atoms with Crippen molar-refractivity contribution in [3.8, 4) is 11.4 Å². The normalized spacial score (nSPS) is 11.2. The van der Waals surface area contributed by atoms with E-state index < -0.39 is 23.0 Å². The van der Waals surface area contributed by atoms with Gasteiger partial charge in [-0.1, -0.05) is 0 Å². The Balaban J connectivity index is 2.30. The van der Waals surface area contributed by atoms with Crippen LogP contribution in [0.4, 0.5) is 19.0 Å². The molecule has 0 saturated heterocycles. The lowest BCUT2D eigenvalue weighted by atomic mass is 10.1. The summed E-state index contributed by atoms with van der Waals surface area (Å²) >= 11 is 1.34. The second-order valence-corrected chi connectivity index (χ2v) is 5.49. The number of fused-ring (bicyclic) bond motifs is 1. The minimum absolute atomic E-state index is 0.137. The summed E-state index contributed by atoms with van der Waals surface area (Å²) in [5.74, 6) is -3.17. The molecule has 0 fully saturated rings. The van der Waals surface area contributed by atoms with Gasteiger partial charge in [0.15, 0.2) is 5.82 Å². The number of hydrogen-bond acceptors (Lipinski definition) is 4. The monoisotopic (exact) mass is 295 g/mol. The van der Waals surface area contributed by atoms with Gasteiger partial charge < -0.3 is 5.73 Å². The van der Waals surface area contributed by atoms with Gasteiger partial charge in [0.2, 0.25) is 0 Å². The molecule has 0 bridgehead atoms. The molecule has 3 rings (SSSR count). The lowest BCUT2D eigenvalue weighted by Gasteiger charge is -2.05. The van der Waals surface area contributed by atoms with E-state index in [4.69, 9.17) is 5.73 Å². The van der Waals surface area contributed by atoms with E-state index in [1.165, 1.54) is 11.3 Å². The summed E-state index contributed by atoms with van der Waals surface area (Å²) in [5, 5.41) is 0.638. The van der Waals surface area contributed by atoms with E-state index in [-0.39, 0.29) is 11.6 Å². The van der Waals surface area contributed by atoms with Crippen LogP contribution in [-0.4, -0.2) is 9.97 Å². The van der Waals surface area contributed by atoms with Gasteiger partial charge in [-0.2, -0.15) is 0 Å². The predicted molar refractivity (Wildman–Crippen MR) is 71.9 cm³/mol. The lowest BCUT2D eigenvalue weighted by Crippen LogP contribution is -2.00. The van der Waals surface area contributed by atoms with Gasteiger partial charge in [-0.15, -0.1) is 11.3 Å². The first-order valence-corrected chi connectivity index (χ1v) is 6.46. The number of nitrogens with zero attached hydrogens (tertiary/aromatic N) is 2. The molecule has 0 atom stereocenters. The van der Waals surface area contributed by atoms with Crippen LogP contribution in [0.15, 0.2) is 18.2 Å². The zero-order chi connectivity index (χ0) is 14.4. The molecule has 0 aliphatic heterocycles. The van der Waals surface area contributed by atoms with Crippen molar-refractivity contribution in [3.05, 3.63) is 40.5 Å². The second-order valence-electron chi connectivity index (χ2n) is 4.25. The van der Waals surface area contributed by atoms with Crippen molar-refractivity contribution in [2.75, 3.05) is 5.73 Å². The molecular weight excluding hydrogens is 287 g/mol. The Labute approximate surface area is 115 Å². The zero-order valence-corrected chi connectivity index (χ0v) is 11.1. The summed E-state index contributed by atoms with van der Waals surface area (Å²) in [6.45, 7) is 1.87. The zero-order valence-electron chi connectivity index (χ0n) is 10.2. The summed E-state index contributed by atoms with van der Waals surface area (Å²) in [4.78, 5) is 9.50. The standard InChI is InChI=1S/C13H8F3N3S/c1-5-2-7-11(17)18-12(19-13(7)20-5)10-8(15)3-6(14)4-9(10)16/h2-4H,1H3,(H2,17,18,19). The topological polar surface area (TPSA) is 51.8 Å². The highest BCUT2D eigenvalue weighted by Gasteiger charge is 2.18. The highest BCUT2D eigenvalue weighted by Crippen LogP contribution is 2.31. The lowest BCUT2D eigenvalue weighted by molar-refractivity contribution is 0.547. The Kier molecular flexibility index (Phi) is 2.86. The molecule has 3 nitrogen and oxygen atoms in total. The number of nitrogen functional groups attached to an aromatic ring is 1. The first-order valence-electron chi connectivity index (χ1n) is 5.64. The van der Waals surface area contributed by atoms with Crippen molar-refractivity contribution < 1.29 is 13.2 Å². The number of thiophene rings is 1. The fraction of sp³-hybridized carbons (Fsp3) is 0.0769. The number of anilines is 1. The van der Waals surface area contributed by atoms with E-state index in [1.54, 1.807) is 6.07 Å². The highest BCUT2D eigenvalue weighted by atomic mass is 32.1. The average molecular weight is 295 g/mol. The minimum Gasteiger partial charge on any atom is -0.383 e.